The first-order valence-electron chi connectivity index (χ1n) is 4.27. The van der Waals surface area contributed by atoms with E-state index in [0.29, 0.717) is 23.7 Å². The molecule has 0 aliphatic carbocycles. The van der Waals surface area contributed by atoms with Gasteiger partial charge in [0.25, 0.3) is 0 Å². The Hall–Kier alpha value is -1.43. The van der Waals surface area contributed by atoms with Crippen LogP contribution < -0.4 is 5.73 Å². The summed E-state index contributed by atoms with van der Waals surface area (Å²) >= 11 is 1.47. The summed E-state index contributed by atoms with van der Waals surface area (Å²) in [6, 6.07) is 3.02. The van der Waals surface area contributed by atoms with Crippen molar-refractivity contribution >= 4 is 23.6 Å². The van der Waals surface area contributed by atoms with Crippen LogP contribution in [0.25, 0.3) is 0 Å². The number of carboxylic acid groups (broad SMARTS) is 1. The Labute approximate surface area is 90.6 Å². The molecule has 0 saturated carbocycles. The first-order chi connectivity index (χ1) is 7.09. The lowest BCUT2D eigenvalue weighted by Gasteiger charge is -1.96. The smallest absolute Gasteiger partial charge is 0.371 e. The van der Waals surface area contributed by atoms with E-state index < -0.39 is 5.97 Å². The molecule has 0 saturated heterocycles. The molecule has 6 heteroatoms. The summed E-state index contributed by atoms with van der Waals surface area (Å²) in [4.78, 5) is 20.9. The molecule has 0 bridgehead atoms. The number of primary amides is 1. The Kier molecular flexibility index (Phi) is 4.23. The van der Waals surface area contributed by atoms with Crippen LogP contribution in [0.15, 0.2) is 16.5 Å². The molecule has 0 aromatic carbocycles. The van der Waals surface area contributed by atoms with Crippen LogP contribution in [0.4, 0.5) is 0 Å². The maximum Gasteiger partial charge on any atom is 0.371 e. The molecule has 1 amide bonds. The van der Waals surface area contributed by atoms with E-state index >= 15 is 0 Å². The number of rotatable bonds is 6. The van der Waals surface area contributed by atoms with Crippen molar-refractivity contribution in [1.82, 2.24) is 0 Å². The summed E-state index contributed by atoms with van der Waals surface area (Å²) < 4.78 is 5.02. The molecular weight excluding hydrogens is 218 g/mol. The van der Waals surface area contributed by atoms with E-state index in [-0.39, 0.29) is 11.7 Å². The number of hydrogen-bond acceptors (Lipinski definition) is 4. The number of aromatic carboxylic acids is 1. The molecule has 0 atom stereocenters. The third-order valence-electron chi connectivity index (χ3n) is 1.61. The highest BCUT2D eigenvalue weighted by Gasteiger charge is 2.08. The highest BCUT2D eigenvalue weighted by Crippen LogP contribution is 2.15. The van der Waals surface area contributed by atoms with Crippen LogP contribution in [0.3, 0.4) is 0 Å². The molecule has 1 heterocycles. The van der Waals surface area contributed by atoms with E-state index in [1.54, 1.807) is 6.07 Å². The molecule has 15 heavy (non-hydrogen) atoms. The monoisotopic (exact) mass is 229 g/mol. The first-order valence-corrected chi connectivity index (χ1v) is 5.43. The largest absolute Gasteiger partial charge is 0.475 e. The topological polar surface area (TPSA) is 93.5 Å². The SMILES string of the molecule is NC(=O)CCSCc1ccc(C(=O)O)o1. The third kappa shape index (κ3) is 4.07. The van der Waals surface area contributed by atoms with Crippen LogP contribution in [0, 0.1) is 0 Å². The molecule has 0 aliphatic heterocycles. The van der Waals surface area contributed by atoms with E-state index in [4.69, 9.17) is 15.3 Å². The van der Waals surface area contributed by atoms with Crippen molar-refractivity contribution < 1.29 is 19.1 Å². The lowest BCUT2D eigenvalue weighted by atomic mass is 10.4. The van der Waals surface area contributed by atoms with Gasteiger partial charge in [-0.2, -0.15) is 11.8 Å². The molecule has 3 N–H and O–H groups in total. The Morgan fingerprint density at radius 1 is 1.47 bits per heavy atom. The second kappa shape index (κ2) is 5.45. The molecule has 0 spiro atoms. The van der Waals surface area contributed by atoms with Gasteiger partial charge >= 0.3 is 5.97 Å². The van der Waals surface area contributed by atoms with Gasteiger partial charge in [-0.05, 0) is 12.1 Å². The molecule has 0 aliphatic rings. The standard InChI is InChI=1S/C9H11NO4S/c10-8(11)3-4-15-5-6-1-2-7(14-6)9(12)13/h1-2H,3-5H2,(H2,10,11)(H,12,13). The van der Waals surface area contributed by atoms with Crippen LogP contribution in [0.5, 0.6) is 0 Å². The van der Waals surface area contributed by atoms with Crippen LogP contribution in [-0.4, -0.2) is 22.7 Å². The van der Waals surface area contributed by atoms with Gasteiger partial charge in [-0.3, -0.25) is 4.79 Å². The van der Waals surface area contributed by atoms with Gasteiger partial charge in [0.2, 0.25) is 11.7 Å². The lowest BCUT2D eigenvalue weighted by molar-refractivity contribution is -0.117. The van der Waals surface area contributed by atoms with E-state index in [1.807, 2.05) is 0 Å². The fraction of sp³-hybridized carbons (Fsp3) is 0.333. The Morgan fingerprint density at radius 2 is 2.20 bits per heavy atom. The first kappa shape index (κ1) is 11.6. The molecule has 5 nitrogen and oxygen atoms in total. The van der Waals surface area contributed by atoms with Crippen molar-refractivity contribution in [3.05, 3.63) is 23.7 Å². The number of carboxylic acids is 1. The minimum Gasteiger partial charge on any atom is -0.475 e. The van der Waals surface area contributed by atoms with Crippen molar-refractivity contribution in [3.8, 4) is 0 Å². The van der Waals surface area contributed by atoms with Crippen LogP contribution in [-0.2, 0) is 10.5 Å². The maximum atomic E-state index is 10.5. The van der Waals surface area contributed by atoms with Crippen molar-refractivity contribution in [3.63, 3.8) is 0 Å². The normalized spacial score (nSPS) is 10.1. The maximum absolute atomic E-state index is 10.5. The van der Waals surface area contributed by atoms with Crippen molar-refractivity contribution in [2.75, 3.05) is 5.75 Å². The van der Waals surface area contributed by atoms with E-state index in [1.165, 1.54) is 17.8 Å². The summed E-state index contributed by atoms with van der Waals surface area (Å²) in [7, 11) is 0. The second-order valence-corrected chi connectivity index (χ2v) is 3.95. The molecular formula is C9H11NO4S. The van der Waals surface area contributed by atoms with E-state index in [9.17, 15) is 9.59 Å². The van der Waals surface area contributed by atoms with Crippen LogP contribution in [0.2, 0.25) is 0 Å². The number of nitrogens with two attached hydrogens (primary N) is 1. The van der Waals surface area contributed by atoms with Gasteiger partial charge < -0.3 is 15.3 Å². The number of amides is 1. The predicted molar refractivity (Wildman–Crippen MR) is 55.6 cm³/mol. The summed E-state index contributed by atoms with van der Waals surface area (Å²) in [6.07, 6.45) is 0.317. The quantitative estimate of drug-likeness (QED) is 0.712. The molecule has 0 radical (unpaired) electrons. The summed E-state index contributed by atoms with van der Waals surface area (Å²) in [6.45, 7) is 0. The minimum absolute atomic E-state index is 0.0690. The van der Waals surface area contributed by atoms with E-state index in [2.05, 4.69) is 0 Å². The predicted octanol–water partition coefficient (Wildman–Crippen LogP) is 1.09. The molecule has 0 fully saturated rings. The van der Waals surface area contributed by atoms with Crippen molar-refractivity contribution in [1.29, 1.82) is 0 Å². The van der Waals surface area contributed by atoms with Crippen molar-refractivity contribution in [2.24, 2.45) is 5.73 Å². The minimum atomic E-state index is -1.08. The zero-order valence-electron chi connectivity index (χ0n) is 7.93. The van der Waals surface area contributed by atoms with Gasteiger partial charge in [-0.1, -0.05) is 0 Å². The Bertz CT molecular complexity index is 361. The summed E-state index contributed by atoms with van der Waals surface area (Å²) in [5.41, 5.74) is 4.96. The van der Waals surface area contributed by atoms with Gasteiger partial charge in [0.15, 0.2) is 0 Å². The number of carbonyl (C=O) groups is 2. The Morgan fingerprint density at radius 3 is 2.73 bits per heavy atom. The molecule has 1 aromatic heterocycles. The van der Waals surface area contributed by atoms with Crippen molar-refractivity contribution in [2.45, 2.75) is 12.2 Å². The molecule has 1 aromatic rings. The zero-order valence-corrected chi connectivity index (χ0v) is 8.75. The van der Waals surface area contributed by atoms with Gasteiger partial charge in [0.05, 0.1) is 5.75 Å². The molecule has 1 rings (SSSR count). The van der Waals surface area contributed by atoms with Gasteiger partial charge in [-0.25, -0.2) is 4.79 Å². The third-order valence-corrected chi connectivity index (χ3v) is 2.59. The van der Waals surface area contributed by atoms with Gasteiger partial charge in [0.1, 0.15) is 5.76 Å². The van der Waals surface area contributed by atoms with Crippen LogP contribution in [0.1, 0.15) is 22.7 Å². The summed E-state index contributed by atoms with van der Waals surface area (Å²) in [5, 5.41) is 8.58. The number of hydrogen-bond donors (Lipinski definition) is 2. The Balaban J connectivity index is 2.31. The van der Waals surface area contributed by atoms with Crippen LogP contribution >= 0.6 is 11.8 Å². The summed E-state index contributed by atoms with van der Waals surface area (Å²) in [5.74, 6) is 0.248. The number of thioether (sulfide) groups is 1. The average molecular weight is 229 g/mol. The van der Waals surface area contributed by atoms with E-state index in [0.717, 1.165) is 0 Å². The fourth-order valence-corrected chi connectivity index (χ4v) is 1.76. The zero-order chi connectivity index (χ0) is 11.3. The number of furan rings is 1. The average Bonchev–Trinajstić information content (AvgIpc) is 2.60. The fourth-order valence-electron chi connectivity index (χ4n) is 0.916. The van der Waals surface area contributed by atoms with Gasteiger partial charge in [0, 0.05) is 12.2 Å². The number of carbonyl (C=O) groups excluding carboxylic acids is 1. The highest BCUT2D eigenvalue weighted by molar-refractivity contribution is 7.98. The molecule has 82 valence electrons. The lowest BCUT2D eigenvalue weighted by Crippen LogP contribution is -2.10. The molecule has 0 unspecified atom stereocenters. The van der Waals surface area contributed by atoms with Gasteiger partial charge in [-0.15, -0.1) is 0 Å². The second-order valence-electron chi connectivity index (χ2n) is 2.84. The highest BCUT2D eigenvalue weighted by atomic mass is 32.2.